The molecule has 0 aliphatic carbocycles. The fourth-order valence-electron chi connectivity index (χ4n) is 1.66. The van der Waals surface area contributed by atoms with Crippen molar-refractivity contribution in [3.63, 3.8) is 0 Å². The largest absolute Gasteiger partial charge is 0.493 e. The summed E-state index contributed by atoms with van der Waals surface area (Å²) in [5, 5.41) is 15.1. The van der Waals surface area contributed by atoms with Crippen LogP contribution in [-0.4, -0.2) is 32.8 Å². The Labute approximate surface area is 123 Å². The van der Waals surface area contributed by atoms with Crippen LogP contribution in [0.15, 0.2) is 30.6 Å². The number of aromatic nitrogens is 4. The zero-order valence-electron chi connectivity index (χ0n) is 12.4. The number of ketones is 1. The normalized spacial score (nSPS) is 11.2. The summed E-state index contributed by atoms with van der Waals surface area (Å²) < 4.78 is 5.57. The minimum absolute atomic E-state index is 0.189. The number of rotatable bonds is 5. The van der Waals surface area contributed by atoms with Gasteiger partial charge in [-0.05, 0) is 24.3 Å². The van der Waals surface area contributed by atoms with Crippen LogP contribution in [0.4, 0.5) is 0 Å². The van der Waals surface area contributed by atoms with E-state index in [0.29, 0.717) is 24.6 Å². The van der Waals surface area contributed by atoms with Gasteiger partial charge in [-0.3, -0.25) is 4.79 Å². The van der Waals surface area contributed by atoms with Crippen LogP contribution in [0, 0.1) is 5.41 Å². The Balaban J connectivity index is 1.90. The first-order chi connectivity index (χ1) is 9.97. The fourth-order valence-corrected chi connectivity index (χ4v) is 1.66. The van der Waals surface area contributed by atoms with Gasteiger partial charge < -0.3 is 4.74 Å². The van der Waals surface area contributed by atoms with Crippen LogP contribution >= 0.6 is 0 Å². The summed E-state index contributed by atoms with van der Waals surface area (Å²) in [6.45, 7) is 6.10. The van der Waals surface area contributed by atoms with Gasteiger partial charge in [0.25, 0.3) is 0 Å². The summed E-state index contributed by atoms with van der Waals surface area (Å²) in [7, 11) is 0. The molecule has 0 aliphatic rings. The summed E-state index contributed by atoms with van der Waals surface area (Å²) >= 11 is 0. The van der Waals surface area contributed by atoms with E-state index in [4.69, 9.17) is 4.74 Å². The van der Waals surface area contributed by atoms with Gasteiger partial charge in [-0.1, -0.05) is 20.8 Å². The third kappa shape index (κ3) is 4.30. The van der Waals surface area contributed by atoms with Crippen molar-refractivity contribution in [2.24, 2.45) is 5.41 Å². The number of carbonyl (C=O) groups excluding carboxylic acids is 1. The Morgan fingerprint density at radius 2 is 1.71 bits per heavy atom. The number of nitrogens with zero attached hydrogens (tertiary/aromatic N) is 4. The Morgan fingerprint density at radius 1 is 1.10 bits per heavy atom. The molecule has 1 heterocycles. The maximum atomic E-state index is 11.8. The zero-order chi connectivity index (χ0) is 15.3. The minimum Gasteiger partial charge on any atom is -0.493 e. The molecular formula is C15H18N4O2. The van der Waals surface area contributed by atoms with E-state index >= 15 is 0 Å². The molecule has 2 rings (SSSR count). The van der Waals surface area contributed by atoms with Gasteiger partial charge in [0.1, 0.15) is 11.5 Å². The number of benzene rings is 1. The molecule has 0 spiro atoms. The highest BCUT2D eigenvalue weighted by molar-refractivity contribution is 5.83. The summed E-state index contributed by atoms with van der Waals surface area (Å²) in [4.78, 5) is 11.8. The van der Waals surface area contributed by atoms with Crippen LogP contribution in [-0.2, 0) is 4.79 Å². The third-order valence-corrected chi connectivity index (χ3v) is 2.96. The molecule has 2 aromatic rings. The quantitative estimate of drug-likeness (QED) is 0.839. The van der Waals surface area contributed by atoms with Crippen molar-refractivity contribution in [2.75, 3.05) is 6.61 Å². The predicted molar refractivity (Wildman–Crippen MR) is 77.6 cm³/mol. The van der Waals surface area contributed by atoms with Crippen LogP contribution < -0.4 is 4.74 Å². The topological polar surface area (TPSA) is 77.9 Å². The first kappa shape index (κ1) is 15.0. The van der Waals surface area contributed by atoms with Gasteiger partial charge in [-0.15, -0.1) is 20.4 Å². The van der Waals surface area contributed by atoms with Gasteiger partial charge in [-0.25, -0.2) is 0 Å². The van der Waals surface area contributed by atoms with Gasteiger partial charge in [0.05, 0.1) is 6.61 Å². The average molecular weight is 286 g/mol. The molecule has 0 atom stereocenters. The third-order valence-electron chi connectivity index (χ3n) is 2.96. The van der Waals surface area contributed by atoms with Crippen molar-refractivity contribution in [2.45, 2.75) is 27.2 Å². The summed E-state index contributed by atoms with van der Waals surface area (Å²) in [5.74, 6) is 1.36. The SMILES string of the molecule is CC(C)(C)C(=O)CCOc1ccc(-c2nncnn2)cc1. The van der Waals surface area contributed by atoms with Gasteiger partial charge in [0.2, 0.25) is 5.82 Å². The second-order valence-electron chi connectivity index (χ2n) is 5.67. The summed E-state index contributed by atoms with van der Waals surface area (Å²) in [6, 6.07) is 7.29. The number of hydrogen-bond donors (Lipinski definition) is 0. The Bertz CT molecular complexity index is 591. The maximum absolute atomic E-state index is 11.8. The molecule has 0 saturated carbocycles. The van der Waals surface area contributed by atoms with E-state index in [2.05, 4.69) is 20.4 Å². The molecule has 0 bridgehead atoms. The highest BCUT2D eigenvalue weighted by Crippen LogP contribution is 2.20. The van der Waals surface area contributed by atoms with Gasteiger partial charge in [0, 0.05) is 17.4 Å². The van der Waals surface area contributed by atoms with Crippen LogP contribution in [0.1, 0.15) is 27.2 Å². The molecule has 6 nitrogen and oxygen atoms in total. The molecule has 0 fully saturated rings. The lowest BCUT2D eigenvalue weighted by Crippen LogP contribution is -2.22. The van der Waals surface area contributed by atoms with Crippen molar-refractivity contribution >= 4 is 5.78 Å². The van der Waals surface area contributed by atoms with Crippen molar-refractivity contribution in [3.05, 3.63) is 30.6 Å². The Hall–Kier alpha value is -2.37. The predicted octanol–water partition coefficient (Wildman–Crippen LogP) is 2.32. The van der Waals surface area contributed by atoms with E-state index in [1.807, 2.05) is 45.0 Å². The number of Topliss-reactive ketones (excluding diaryl/α,β-unsaturated/α-hetero) is 1. The second-order valence-corrected chi connectivity index (χ2v) is 5.67. The summed E-state index contributed by atoms with van der Waals surface area (Å²) in [6.07, 6.45) is 1.69. The molecule has 0 aliphatic heterocycles. The minimum atomic E-state index is -0.322. The molecule has 0 saturated heterocycles. The molecule has 0 unspecified atom stereocenters. The highest BCUT2D eigenvalue weighted by Gasteiger charge is 2.20. The lowest BCUT2D eigenvalue weighted by Gasteiger charge is -2.16. The molecule has 0 amide bonds. The van der Waals surface area contributed by atoms with Crippen molar-refractivity contribution < 1.29 is 9.53 Å². The molecule has 110 valence electrons. The molecule has 0 N–H and O–H groups in total. The van der Waals surface area contributed by atoms with Crippen LogP contribution in [0.5, 0.6) is 5.75 Å². The molecule has 1 aromatic heterocycles. The molecular weight excluding hydrogens is 268 g/mol. The van der Waals surface area contributed by atoms with Crippen molar-refractivity contribution in [1.82, 2.24) is 20.4 Å². The molecule has 21 heavy (non-hydrogen) atoms. The Morgan fingerprint density at radius 3 is 2.29 bits per heavy atom. The molecule has 0 radical (unpaired) electrons. The van der Waals surface area contributed by atoms with E-state index in [1.165, 1.54) is 6.33 Å². The van der Waals surface area contributed by atoms with Crippen LogP contribution in [0.25, 0.3) is 11.4 Å². The van der Waals surface area contributed by atoms with Crippen molar-refractivity contribution in [1.29, 1.82) is 0 Å². The van der Waals surface area contributed by atoms with Gasteiger partial charge >= 0.3 is 0 Å². The standard InChI is InChI=1S/C15H18N4O2/c1-15(2,3)13(20)8-9-21-12-6-4-11(5-7-12)14-18-16-10-17-19-14/h4-7,10H,8-9H2,1-3H3. The first-order valence-corrected chi connectivity index (χ1v) is 6.74. The molecule has 6 heteroatoms. The smallest absolute Gasteiger partial charge is 0.203 e. The van der Waals surface area contributed by atoms with E-state index < -0.39 is 0 Å². The number of carbonyl (C=O) groups is 1. The zero-order valence-corrected chi connectivity index (χ0v) is 12.4. The second kappa shape index (κ2) is 6.39. The first-order valence-electron chi connectivity index (χ1n) is 6.74. The van der Waals surface area contributed by atoms with Gasteiger partial charge in [-0.2, -0.15) is 0 Å². The van der Waals surface area contributed by atoms with E-state index in [-0.39, 0.29) is 11.2 Å². The fraction of sp³-hybridized carbons (Fsp3) is 0.400. The number of ether oxygens (including phenoxy) is 1. The van der Waals surface area contributed by atoms with Crippen LogP contribution in [0.2, 0.25) is 0 Å². The highest BCUT2D eigenvalue weighted by atomic mass is 16.5. The summed E-state index contributed by atoms with van der Waals surface area (Å²) in [5.41, 5.74) is 0.492. The number of hydrogen-bond acceptors (Lipinski definition) is 6. The maximum Gasteiger partial charge on any atom is 0.203 e. The average Bonchev–Trinajstić information content (AvgIpc) is 2.48. The van der Waals surface area contributed by atoms with E-state index in [9.17, 15) is 4.79 Å². The van der Waals surface area contributed by atoms with Gasteiger partial charge in [0.15, 0.2) is 6.33 Å². The van der Waals surface area contributed by atoms with E-state index in [1.54, 1.807) is 0 Å². The van der Waals surface area contributed by atoms with Crippen molar-refractivity contribution in [3.8, 4) is 17.1 Å². The van der Waals surface area contributed by atoms with Crippen LogP contribution in [0.3, 0.4) is 0 Å². The molecule has 1 aromatic carbocycles. The van der Waals surface area contributed by atoms with E-state index in [0.717, 1.165) is 5.56 Å². The Kier molecular flexibility index (Phi) is 4.57. The monoisotopic (exact) mass is 286 g/mol. The lowest BCUT2D eigenvalue weighted by atomic mass is 9.89. The lowest BCUT2D eigenvalue weighted by molar-refractivity contribution is -0.126.